The first kappa shape index (κ1) is 22.8. The van der Waals surface area contributed by atoms with Gasteiger partial charge in [-0.1, -0.05) is 42.5 Å². The Balaban J connectivity index is 1.66. The van der Waals surface area contributed by atoms with Crippen molar-refractivity contribution in [2.75, 3.05) is 12.1 Å². The fourth-order valence-corrected chi connectivity index (χ4v) is 3.64. The zero-order valence-electron chi connectivity index (χ0n) is 18.6. The van der Waals surface area contributed by atoms with Gasteiger partial charge in [0.15, 0.2) is 11.5 Å². The summed E-state index contributed by atoms with van der Waals surface area (Å²) in [5, 5.41) is 1.21. The fourth-order valence-electron chi connectivity index (χ4n) is 3.64. The lowest BCUT2D eigenvalue weighted by Gasteiger charge is -2.16. The first-order valence-corrected chi connectivity index (χ1v) is 10.6. The Labute approximate surface area is 196 Å². The third-order valence-corrected chi connectivity index (χ3v) is 5.28. The molecule has 0 atom stereocenters. The number of methoxy groups -OCH3 is 1. The molecule has 2 amide bonds. The lowest BCUT2D eigenvalue weighted by molar-refractivity contribution is -0.117. The molecule has 3 aromatic rings. The molecule has 0 aliphatic carbocycles. The highest BCUT2D eigenvalue weighted by atomic mass is 19.1. The highest BCUT2D eigenvalue weighted by molar-refractivity contribution is 6.31. The van der Waals surface area contributed by atoms with Gasteiger partial charge in [-0.2, -0.15) is 0 Å². The first-order valence-electron chi connectivity index (χ1n) is 10.6. The third-order valence-electron chi connectivity index (χ3n) is 5.28. The fraction of sp³-hybridized carbons (Fsp3) is 0.111. The molecule has 7 heteroatoms. The number of rotatable bonds is 8. The Hall–Kier alpha value is -4.39. The molecular weight excluding hydrogens is 435 g/mol. The van der Waals surface area contributed by atoms with Gasteiger partial charge < -0.3 is 9.47 Å². The quantitative estimate of drug-likeness (QED) is 0.304. The van der Waals surface area contributed by atoms with Gasteiger partial charge in [0, 0.05) is 11.1 Å². The van der Waals surface area contributed by atoms with E-state index in [2.05, 4.69) is 12.0 Å². The van der Waals surface area contributed by atoms with Gasteiger partial charge >= 0.3 is 0 Å². The Kier molecular flexibility index (Phi) is 6.73. The lowest BCUT2D eigenvalue weighted by atomic mass is 10.0. The summed E-state index contributed by atoms with van der Waals surface area (Å²) < 4.78 is 25.5. The summed E-state index contributed by atoms with van der Waals surface area (Å²) in [4.78, 5) is 25.5. The van der Waals surface area contributed by atoms with Crippen molar-refractivity contribution >= 4 is 23.6 Å². The van der Waals surface area contributed by atoms with Crippen LogP contribution in [0.1, 0.15) is 16.7 Å². The second-order valence-corrected chi connectivity index (χ2v) is 7.56. The number of ether oxygens (including phenoxy) is 2. The molecule has 4 rings (SSSR count). The van der Waals surface area contributed by atoms with E-state index in [0.717, 1.165) is 5.56 Å². The maximum Gasteiger partial charge on any atom is 0.282 e. The maximum atomic E-state index is 14.0. The van der Waals surface area contributed by atoms with Crippen LogP contribution in [0.5, 0.6) is 11.5 Å². The van der Waals surface area contributed by atoms with Crippen molar-refractivity contribution in [3.63, 3.8) is 0 Å². The number of hydrogen-bond acceptors (Lipinski definition) is 4. The van der Waals surface area contributed by atoms with Crippen molar-refractivity contribution in [3.8, 4) is 11.5 Å². The number of anilines is 1. The van der Waals surface area contributed by atoms with Crippen molar-refractivity contribution < 1.29 is 23.5 Å². The van der Waals surface area contributed by atoms with Gasteiger partial charge in [-0.05, 0) is 48.4 Å². The molecule has 6 nitrogen and oxygen atoms in total. The smallest absolute Gasteiger partial charge is 0.282 e. The first-order chi connectivity index (χ1) is 16.5. The van der Waals surface area contributed by atoms with Crippen molar-refractivity contribution in [1.29, 1.82) is 0 Å². The van der Waals surface area contributed by atoms with Crippen molar-refractivity contribution in [2.45, 2.75) is 13.0 Å². The van der Waals surface area contributed by atoms with Gasteiger partial charge in [-0.3, -0.25) is 15.0 Å². The van der Waals surface area contributed by atoms with Crippen molar-refractivity contribution in [3.05, 3.63) is 107 Å². The highest BCUT2D eigenvalue weighted by Crippen LogP contribution is 2.35. The molecule has 1 aliphatic rings. The number of carbonyl (C=O) groups excluding carboxylic acids is 2. The van der Waals surface area contributed by atoms with Crippen LogP contribution in [0.2, 0.25) is 0 Å². The van der Waals surface area contributed by atoms with Gasteiger partial charge in [0.05, 0.1) is 12.8 Å². The van der Waals surface area contributed by atoms with E-state index in [1.807, 2.05) is 6.07 Å². The van der Waals surface area contributed by atoms with Crippen LogP contribution in [-0.4, -0.2) is 18.9 Å². The van der Waals surface area contributed by atoms with Gasteiger partial charge in [0.25, 0.3) is 11.8 Å². The SMILES string of the molecule is C=CCc1cc(/C=C2/C(=O)NN(c3ccccc3)C2=O)cc(OC)c1OCc1ccccc1F. The molecule has 0 saturated carbocycles. The van der Waals surface area contributed by atoms with E-state index in [1.165, 1.54) is 24.3 Å². The maximum absolute atomic E-state index is 14.0. The van der Waals surface area contributed by atoms with Crippen LogP contribution in [0.3, 0.4) is 0 Å². The molecular formula is C27H23FN2O4. The minimum atomic E-state index is -0.502. The second kappa shape index (κ2) is 10.0. The second-order valence-electron chi connectivity index (χ2n) is 7.56. The molecule has 1 fully saturated rings. The summed E-state index contributed by atoms with van der Waals surface area (Å²) >= 11 is 0. The zero-order valence-corrected chi connectivity index (χ0v) is 18.6. The van der Waals surface area contributed by atoms with Crippen LogP contribution >= 0.6 is 0 Å². The van der Waals surface area contributed by atoms with Crippen LogP contribution < -0.4 is 19.9 Å². The molecule has 0 bridgehead atoms. The number of para-hydroxylation sites is 1. The molecule has 1 saturated heterocycles. The van der Waals surface area contributed by atoms with Crippen LogP contribution in [0.25, 0.3) is 6.08 Å². The average molecular weight is 458 g/mol. The van der Waals surface area contributed by atoms with Crippen LogP contribution in [0.15, 0.2) is 85.0 Å². The summed E-state index contributed by atoms with van der Waals surface area (Å²) in [5.41, 5.74) is 4.86. The molecule has 34 heavy (non-hydrogen) atoms. The van der Waals surface area contributed by atoms with Gasteiger partial charge in [0.1, 0.15) is 18.0 Å². The summed E-state index contributed by atoms with van der Waals surface area (Å²) in [6, 6.07) is 18.7. The number of hydrazine groups is 1. The largest absolute Gasteiger partial charge is 0.493 e. The van der Waals surface area contributed by atoms with Crippen LogP contribution in [0, 0.1) is 5.82 Å². The van der Waals surface area contributed by atoms with Crippen LogP contribution in [-0.2, 0) is 22.6 Å². The topological polar surface area (TPSA) is 67.9 Å². The predicted molar refractivity (Wildman–Crippen MR) is 128 cm³/mol. The Bertz CT molecular complexity index is 1270. The average Bonchev–Trinajstić information content (AvgIpc) is 3.13. The molecule has 172 valence electrons. The standard InChI is InChI=1S/C27H23FN2O4/c1-3-9-19-14-18(15-22-26(31)29-30(27(22)32)21-11-5-4-6-12-21)16-24(33-2)25(19)34-17-20-10-7-8-13-23(20)28/h3-8,10-16H,1,9,17H2,2H3,(H,29,31)/b22-15-. The Morgan fingerprint density at radius 3 is 2.47 bits per heavy atom. The van der Waals surface area contributed by atoms with Gasteiger partial charge in [-0.25, -0.2) is 9.40 Å². The Morgan fingerprint density at radius 1 is 1.03 bits per heavy atom. The molecule has 0 unspecified atom stereocenters. The monoisotopic (exact) mass is 458 g/mol. The van der Waals surface area contributed by atoms with E-state index in [9.17, 15) is 14.0 Å². The molecule has 1 heterocycles. The van der Waals surface area contributed by atoms with E-state index in [0.29, 0.717) is 34.7 Å². The molecule has 0 aromatic heterocycles. The third kappa shape index (κ3) is 4.68. The van der Waals surface area contributed by atoms with E-state index < -0.39 is 11.8 Å². The van der Waals surface area contributed by atoms with Crippen molar-refractivity contribution in [2.24, 2.45) is 0 Å². The summed E-state index contributed by atoms with van der Waals surface area (Å²) in [6.07, 6.45) is 3.65. The molecule has 3 aromatic carbocycles. The number of allylic oxidation sites excluding steroid dienone is 1. The Morgan fingerprint density at radius 2 is 1.76 bits per heavy atom. The number of carbonyl (C=O) groups is 2. The minimum absolute atomic E-state index is 0.00418. The molecule has 1 N–H and O–H groups in total. The summed E-state index contributed by atoms with van der Waals surface area (Å²) in [6.45, 7) is 3.80. The highest BCUT2D eigenvalue weighted by Gasteiger charge is 2.34. The molecule has 0 radical (unpaired) electrons. The number of amides is 2. The lowest BCUT2D eigenvalue weighted by Crippen LogP contribution is -2.35. The normalized spacial score (nSPS) is 14.3. The molecule has 0 spiro atoms. The van der Waals surface area contributed by atoms with Gasteiger partial charge in [-0.15, -0.1) is 6.58 Å². The zero-order chi connectivity index (χ0) is 24.1. The number of nitrogens with zero attached hydrogens (tertiary/aromatic N) is 1. The summed E-state index contributed by atoms with van der Waals surface area (Å²) in [7, 11) is 1.49. The van der Waals surface area contributed by atoms with E-state index in [1.54, 1.807) is 60.7 Å². The van der Waals surface area contributed by atoms with E-state index in [4.69, 9.17) is 9.47 Å². The predicted octanol–water partition coefficient (Wildman–Crippen LogP) is 4.60. The van der Waals surface area contributed by atoms with Crippen LogP contribution in [0.4, 0.5) is 10.1 Å². The van der Waals surface area contributed by atoms with Gasteiger partial charge in [0.2, 0.25) is 0 Å². The van der Waals surface area contributed by atoms with Crippen molar-refractivity contribution in [1.82, 2.24) is 5.43 Å². The minimum Gasteiger partial charge on any atom is -0.493 e. The summed E-state index contributed by atoms with van der Waals surface area (Å²) in [5.74, 6) is -0.477. The van der Waals surface area contributed by atoms with E-state index in [-0.39, 0.29) is 18.0 Å². The number of benzene rings is 3. The number of nitrogens with one attached hydrogen (secondary N) is 1. The number of hydrogen-bond donors (Lipinski definition) is 1. The number of halogens is 1. The molecule has 1 aliphatic heterocycles. The van der Waals surface area contributed by atoms with E-state index >= 15 is 0 Å².